The Morgan fingerprint density at radius 1 is 1.45 bits per heavy atom. The molecule has 2 rings (SSSR count). The number of pyridine rings is 1. The Bertz CT molecular complexity index is 627. The van der Waals surface area contributed by atoms with Crippen molar-refractivity contribution in [2.24, 2.45) is 0 Å². The number of fused-ring (bicyclic) bond motifs is 1. The molecule has 0 N–H and O–H groups in total. The van der Waals surface area contributed by atoms with Crippen molar-refractivity contribution in [2.75, 3.05) is 6.61 Å². The fourth-order valence-corrected chi connectivity index (χ4v) is 2.97. The van der Waals surface area contributed by atoms with E-state index in [-0.39, 0.29) is 12.5 Å². The van der Waals surface area contributed by atoms with Crippen LogP contribution >= 0.6 is 27.5 Å². The van der Waals surface area contributed by atoms with Gasteiger partial charge >= 0.3 is 0 Å². The van der Waals surface area contributed by atoms with Gasteiger partial charge in [0.2, 0.25) is 0 Å². The van der Waals surface area contributed by atoms with Crippen LogP contribution in [0.5, 0.6) is 0 Å². The molecule has 2 heterocycles. The van der Waals surface area contributed by atoms with Gasteiger partial charge in [0.15, 0.2) is 0 Å². The zero-order valence-corrected chi connectivity index (χ0v) is 15.1. The van der Waals surface area contributed by atoms with Crippen LogP contribution in [0.25, 0.3) is 11.0 Å². The van der Waals surface area contributed by atoms with Crippen LogP contribution in [-0.2, 0) is 11.5 Å². The quantitative estimate of drug-likeness (QED) is 0.419. The maximum absolute atomic E-state index is 13.8. The fraction of sp³-hybridized carbons (Fsp3) is 0.462. The van der Waals surface area contributed by atoms with Crippen LogP contribution in [0.15, 0.2) is 16.7 Å². The Morgan fingerprint density at radius 3 is 2.80 bits per heavy atom. The van der Waals surface area contributed by atoms with Gasteiger partial charge in [0.1, 0.15) is 23.3 Å². The minimum absolute atomic E-state index is 0.288. The van der Waals surface area contributed by atoms with E-state index in [4.69, 9.17) is 16.3 Å². The molecular weight excluding hydrogens is 363 g/mol. The van der Waals surface area contributed by atoms with E-state index in [1.807, 2.05) is 0 Å². The molecule has 7 heteroatoms. The van der Waals surface area contributed by atoms with E-state index in [1.165, 1.54) is 6.20 Å². The van der Waals surface area contributed by atoms with Crippen molar-refractivity contribution in [2.45, 2.75) is 32.4 Å². The molecule has 0 unspecified atom stereocenters. The zero-order chi connectivity index (χ0) is 14.9. The maximum Gasteiger partial charge on any atom is 0.150 e. The van der Waals surface area contributed by atoms with Gasteiger partial charge in [-0.3, -0.25) is 0 Å². The predicted octanol–water partition coefficient (Wildman–Crippen LogP) is 4.90. The molecule has 0 saturated heterocycles. The molecule has 0 aliphatic carbocycles. The first-order valence-corrected chi connectivity index (χ1v) is 11.2. The lowest BCUT2D eigenvalue weighted by atomic mass is 10.3. The molecular formula is C13H17BrClFN2OSi. The second kappa shape index (κ2) is 6.13. The molecule has 0 bridgehead atoms. The van der Waals surface area contributed by atoms with Gasteiger partial charge < -0.3 is 9.30 Å². The van der Waals surface area contributed by atoms with Crippen LogP contribution in [0.2, 0.25) is 30.8 Å². The molecule has 110 valence electrons. The van der Waals surface area contributed by atoms with Crippen LogP contribution in [0.1, 0.15) is 0 Å². The smallest absolute Gasteiger partial charge is 0.150 e. The lowest BCUT2D eigenvalue weighted by Crippen LogP contribution is -2.22. The largest absolute Gasteiger partial charge is 0.361 e. The summed E-state index contributed by atoms with van der Waals surface area (Å²) in [6, 6.07) is 2.72. The molecule has 3 nitrogen and oxygen atoms in total. The SMILES string of the molecule is C[Si](C)(C)CCOCn1cc(F)c2cc(Br)c(Cl)nc21. The number of rotatable bonds is 5. The number of nitrogens with zero attached hydrogens (tertiary/aromatic N) is 2. The summed E-state index contributed by atoms with van der Waals surface area (Å²) >= 11 is 9.21. The lowest BCUT2D eigenvalue weighted by molar-refractivity contribution is 0.0895. The van der Waals surface area contributed by atoms with Gasteiger partial charge in [-0.25, -0.2) is 9.37 Å². The van der Waals surface area contributed by atoms with E-state index in [0.717, 1.165) is 6.04 Å². The highest BCUT2D eigenvalue weighted by atomic mass is 79.9. The van der Waals surface area contributed by atoms with E-state index in [2.05, 4.69) is 40.6 Å². The third-order valence-corrected chi connectivity index (χ3v) is 5.76. The van der Waals surface area contributed by atoms with Gasteiger partial charge in [-0.05, 0) is 28.0 Å². The summed E-state index contributed by atoms with van der Waals surface area (Å²) in [5.41, 5.74) is 0.503. The van der Waals surface area contributed by atoms with Crippen LogP contribution in [0, 0.1) is 5.82 Å². The Labute approximate surface area is 132 Å². The Morgan fingerprint density at radius 2 is 2.15 bits per heavy atom. The van der Waals surface area contributed by atoms with E-state index in [9.17, 15) is 4.39 Å². The van der Waals surface area contributed by atoms with Crippen molar-refractivity contribution in [1.82, 2.24) is 9.55 Å². The molecule has 20 heavy (non-hydrogen) atoms. The summed E-state index contributed by atoms with van der Waals surface area (Å²) in [5.74, 6) is -0.321. The molecule has 0 fully saturated rings. The Balaban J connectivity index is 2.13. The number of hydrogen-bond acceptors (Lipinski definition) is 2. The minimum atomic E-state index is -1.11. The zero-order valence-electron chi connectivity index (χ0n) is 11.7. The molecule has 2 aromatic heterocycles. The highest BCUT2D eigenvalue weighted by Gasteiger charge is 2.14. The lowest BCUT2D eigenvalue weighted by Gasteiger charge is -2.15. The fourth-order valence-electron chi connectivity index (χ4n) is 1.76. The molecule has 0 aliphatic rings. The van der Waals surface area contributed by atoms with E-state index in [0.29, 0.717) is 27.3 Å². The molecule has 0 atom stereocenters. The van der Waals surface area contributed by atoms with Crippen molar-refractivity contribution >= 4 is 46.6 Å². The van der Waals surface area contributed by atoms with Gasteiger partial charge in [0.05, 0.1) is 9.86 Å². The van der Waals surface area contributed by atoms with E-state index < -0.39 is 8.07 Å². The molecule has 0 saturated carbocycles. The van der Waals surface area contributed by atoms with Crippen molar-refractivity contribution < 1.29 is 9.13 Å². The van der Waals surface area contributed by atoms with Crippen molar-refractivity contribution in [3.05, 3.63) is 27.7 Å². The van der Waals surface area contributed by atoms with Crippen LogP contribution in [0.4, 0.5) is 4.39 Å². The summed E-state index contributed by atoms with van der Waals surface area (Å²) in [5, 5.41) is 0.758. The minimum Gasteiger partial charge on any atom is -0.361 e. The molecule has 0 radical (unpaired) electrons. The van der Waals surface area contributed by atoms with Gasteiger partial charge in [-0.2, -0.15) is 0 Å². The van der Waals surface area contributed by atoms with E-state index >= 15 is 0 Å². The van der Waals surface area contributed by atoms with Gasteiger partial charge in [0, 0.05) is 20.9 Å². The van der Waals surface area contributed by atoms with Gasteiger partial charge in [-0.15, -0.1) is 0 Å². The van der Waals surface area contributed by atoms with Crippen LogP contribution < -0.4 is 0 Å². The van der Waals surface area contributed by atoms with Crippen molar-refractivity contribution in [3.63, 3.8) is 0 Å². The first kappa shape index (κ1) is 15.9. The number of aromatic nitrogens is 2. The summed E-state index contributed by atoms with van der Waals surface area (Å²) in [4.78, 5) is 4.19. The highest BCUT2D eigenvalue weighted by molar-refractivity contribution is 9.10. The average molecular weight is 380 g/mol. The predicted molar refractivity (Wildman–Crippen MR) is 86.5 cm³/mol. The summed E-state index contributed by atoms with van der Waals surface area (Å²) in [7, 11) is -1.11. The highest BCUT2D eigenvalue weighted by Crippen LogP contribution is 2.27. The molecule has 0 aromatic carbocycles. The van der Waals surface area contributed by atoms with Crippen molar-refractivity contribution in [1.29, 1.82) is 0 Å². The summed E-state index contributed by atoms with van der Waals surface area (Å²) in [6.45, 7) is 7.84. The van der Waals surface area contributed by atoms with Crippen molar-refractivity contribution in [3.8, 4) is 0 Å². The van der Waals surface area contributed by atoms with Crippen LogP contribution in [-0.4, -0.2) is 24.2 Å². The first-order valence-electron chi connectivity index (χ1n) is 6.36. The number of ether oxygens (including phenoxy) is 1. The van der Waals surface area contributed by atoms with Gasteiger partial charge in [0.25, 0.3) is 0 Å². The number of hydrogen-bond donors (Lipinski definition) is 0. The van der Waals surface area contributed by atoms with Crippen LogP contribution in [0.3, 0.4) is 0 Å². The molecule has 0 spiro atoms. The van der Waals surface area contributed by atoms with E-state index in [1.54, 1.807) is 10.6 Å². The monoisotopic (exact) mass is 378 g/mol. The maximum atomic E-state index is 13.8. The normalized spacial score (nSPS) is 12.3. The first-order chi connectivity index (χ1) is 9.28. The average Bonchev–Trinajstić information content (AvgIpc) is 2.62. The van der Waals surface area contributed by atoms with Gasteiger partial charge in [-0.1, -0.05) is 31.2 Å². The molecule has 0 amide bonds. The molecule has 0 aliphatic heterocycles. The number of halogens is 3. The topological polar surface area (TPSA) is 27.1 Å². The second-order valence-corrected chi connectivity index (χ2v) is 12.8. The molecule has 2 aromatic rings. The Kier molecular flexibility index (Phi) is 4.89. The summed E-state index contributed by atoms with van der Waals surface area (Å²) in [6.07, 6.45) is 1.40. The summed E-state index contributed by atoms with van der Waals surface area (Å²) < 4.78 is 21.7. The standard InChI is InChI=1S/C13H17BrClFN2OSi/c1-20(2,3)5-4-19-8-18-7-11(16)9-6-10(14)12(15)17-13(9)18/h6-7H,4-5,8H2,1-3H3. The second-order valence-electron chi connectivity index (χ2n) is 5.93. The Hall–Kier alpha value is -0.433. The third-order valence-electron chi connectivity index (χ3n) is 2.94. The third kappa shape index (κ3) is 3.81.